The van der Waals surface area contributed by atoms with E-state index in [2.05, 4.69) is 189 Å². The Balaban J connectivity index is 1.000. The minimum Gasteiger partial charge on any atom is -0.228 e. The Morgan fingerprint density at radius 2 is 0.965 bits per heavy atom. The molecule has 11 rings (SSSR count). The van der Waals surface area contributed by atoms with Gasteiger partial charge in [0.15, 0.2) is 5.82 Å². The molecule has 57 heavy (non-hydrogen) atoms. The van der Waals surface area contributed by atoms with Crippen LogP contribution in [0.1, 0.15) is 23.6 Å². The van der Waals surface area contributed by atoms with Crippen molar-refractivity contribution < 1.29 is 0 Å². The van der Waals surface area contributed by atoms with E-state index >= 15 is 0 Å². The Hall–Kier alpha value is -6.94. The Kier molecular flexibility index (Phi) is 7.84. The maximum atomic E-state index is 5.19. The molecule has 2 nitrogen and oxygen atoms in total. The van der Waals surface area contributed by atoms with Crippen LogP contribution in [0, 0.1) is 0 Å². The highest BCUT2D eigenvalue weighted by molar-refractivity contribution is 7.25. The predicted octanol–water partition coefficient (Wildman–Crippen LogP) is 14.5. The summed E-state index contributed by atoms with van der Waals surface area (Å²) in [4.78, 5) is 10.4. The first kappa shape index (κ1) is 33.4. The molecular weight excluding hydrogens is 709 g/mol. The van der Waals surface area contributed by atoms with Gasteiger partial charge in [0.25, 0.3) is 0 Å². The Morgan fingerprint density at radius 3 is 1.81 bits per heavy atom. The van der Waals surface area contributed by atoms with Gasteiger partial charge in [0.2, 0.25) is 0 Å². The fourth-order valence-corrected chi connectivity index (χ4v) is 10.0. The van der Waals surface area contributed by atoms with Crippen molar-refractivity contribution in [3.05, 3.63) is 217 Å². The van der Waals surface area contributed by atoms with Gasteiger partial charge in [0.1, 0.15) is 0 Å². The highest BCUT2D eigenvalue weighted by Crippen LogP contribution is 2.53. The predicted molar refractivity (Wildman–Crippen MR) is 240 cm³/mol. The van der Waals surface area contributed by atoms with Crippen molar-refractivity contribution in [2.24, 2.45) is 0 Å². The molecular formula is C54H36N2S. The van der Waals surface area contributed by atoms with Crippen molar-refractivity contribution in [2.45, 2.75) is 12.3 Å². The van der Waals surface area contributed by atoms with Crippen LogP contribution in [0.5, 0.6) is 0 Å². The molecule has 0 saturated heterocycles. The molecule has 1 atom stereocenters. The first-order valence-corrected chi connectivity index (χ1v) is 20.3. The van der Waals surface area contributed by atoms with Crippen LogP contribution >= 0.6 is 11.3 Å². The molecule has 0 fully saturated rings. The number of nitrogens with zero attached hydrogens (tertiary/aromatic N) is 2. The van der Waals surface area contributed by atoms with Crippen LogP contribution in [0.3, 0.4) is 0 Å². The molecule has 10 aromatic rings. The Bertz CT molecular complexity index is 3130. The molecule has 0 saturated carbocycles. The number of rotatable bonds is 6. The highest BCUT2D eigenvalue weighted by atomic mass is 32.1. The fourth-order valence-electron chi connectivity index (χ4n) is 8.91. The normalized spacial score (nSPS) is 14.5. The van der Waals surface area contributed by atoms with E-state index in [0.717, 1.165) is 33.6 Å². The third kappa shape index (κ3) is 5.54. The minimum absolute atomic E-state index is 0.257. The molecule has 0 bridgehead atoms. The van der Waals surface area contributed by atoms with Gasteiger partial charge in [-0.3, -0.25) is 0 Å². The van der Waals surface area contributed by atoms with E-state index in [1.54, 1.807) is 0 Å². The van der Waals surface area contributed by atoms with E-state index in [1.165, 1.54) is 64.7 Å². The molecule has 0 amide bonds. The zero-order valence-electron chi connectivity index (χ0n) is 31.4. The van der Waals surface area contributed by atoms with Gasteiger partial charge in [-0.1, -0.05) is 170 Å². The Morgan fingerprint density at radius 1 is 0.386 bits per heavy atom. The topological polar surface area (TPSA) is 25.8 Å². The number of benzene rings is 8. The summed E-state index contributed by atoms with van der Waals surface area (Å²) < 4.78 is 2.62. The van der Waals surface area contributed by atoms with Crippen molar-refractivity contribution in [2.75, 3.05) is 0 Å². The Labute approximate surface area is 336 Å². The van der Waals surface area contributed by atoms with Gasteiger partial charge in [0, 0.05) is 42.3 Å². The maximum absolute atomic E-state index is 5.19. The summed E-state index contributed by atoms with van der Waals surface area (Å²) >= 11 is 1.85. The lowest BCUT2D eigenvalue weighted by atomic mass is 9.74. The van der Waals surface area contributed by atoms with E-state index in [0.29, 0.717) is 5.82 Å². The van der Waals surface area contributed by atoms with Crippen molar-refractivity contribution in [3.63, 3.8) is 0 Å². The van der Waals surface area contributed by atoms with Crippen LogP contribution in [0.4, 0.5) is 0 Å². The summed E-state index contributed by atoms with van der Waals surface area (Å²) in [7, 11) is 0. The van der Waals surface area contributed by atoms with Gasteiger partial charge >= 0.3 is 0 Å². The fraction of sp³-hybridized carbons (Fsp3) is 0.0370. The van der Waals surface area contributed by atoms with Gasteiger partial charge in [-0.05, 0) is 87.3 Å². The standard InChI is InChI=1S/C54H36N2S/c1-54(41-18-6-3-7-19-41)46-23-10-8-20-43(46)44-31-30-39(33-47(44)54)38-16-12-17-40(32-38)49-34-48(55-53(56-49)37-14-4-2-5-15-37)36-28-26-35(27-29-36)42-22-13-25-51-52(42)45-21-9-11-24-50(45)57-51/h2-34H,1H3. The zero-order valence-corrected chi connectivity index (χ0v) is 32.2. The summed E-state index contributed by atoms with van der Waals surface area (Å²) in [6.45, 7) is 2.37. The van der Waals surface area contributed by atoms with Crippen LogP contribution in [0.25, 0.3) is 87.5 Å². The second kappa shape index (κ2) is 13.4. The molecule has 1 aliphatic carbocycles. The number of hydrogen-bond donors (Lipinski definition) is 0. The van der Waals surface area contributed by atoms with Crippen LogP contribution in [-0.4, -0.2) is 9.97 Å². The molecule has 2 heterocycles. The van der Waals surface area contributed by atoms with E-state index in [1.807, 2.05) is 29.5 Å². The monoisotopic (exact) mass is 744 g/mol. The summed E-state index contributed by atoms with van der Waals surface area (Å²) in [5.41, 5.74) is 16.0. The SMILES string of the molecule is CC1(c2ccccc2)c2ccccc2-c2ccc(-c3cccc(-c4cc(-c5ccc(-c6cccc7sc8ccccc8c67)cc5)nc(-c5ccccc5)n4)c3)cc21. The van der Waals surface area contributed by atoms with Gasteiger partial charge in [0.05, 0.1) is 11.4 Å². The lowest BCUT2D eigenvalue weighted by Crippen LogP contribution is -2.22. The van der Waals surface area contributed by atoms with Crippen molar-refractivity contribution in [1.29, 1.82) is 0 Å². The molecule has 1 unspecified atom stereocenters. The number of hydrogen-bond acceptors (Lipinski definition) is 3. The third-order valence-corrected chi connectivity index (χ3v) is 12.9. The number of fused-ring (bicyclic) bond motifs is 6. The van der Waals surface area contributed by atoms with Crippen molar-refractivity contribution in [3.8, 4) is 67.3 Å². The number of thiophene rings is 1. The van der Waals surface area contributed by atoms with Gasteiger partial charge < -0.3 is 0 Å². The second-order valence-electron chi connectivity index (χ2n) is 15.1. The molecule has 0 N–H and O–H groups in total. The van der Waals surface area contributed by atoms with Gasteiger partial charge in [-0.2, -0.15) is 0 Å². The smallest absolute Gasteiger partial charge is 0.160 e. The molecule has 3 heteroatoms. The first-order chi connectivity index (χ1) is 28.1. The van der Waals surface area contributed by atoms with Crippen molar-refractivity contribution in [1.82, 2.24) is 9.97 Å². The molecule has 0 radical (unpaired) electrons. The third-order valence-electron chi connectivity index (χ3n) is 11.8. The molecule has 1 aliphatic rings. The van der Waals surface area contributed by atoms with Crippen LogP contribution in [0.2, 0.25) is 0 Å². The van der Waals surface area contributed by atoms with Crippen LogP contribution in [0.15, 0.2) is 200 Å². The minimum atomic E-state index is -0.257. The van der Waals surface area contributed by atoms with Crippen LogP contribution in [-0.2, 0) is 5.41 Å². The van der Waals surface area contributed by atoms with Gasteiger partial charge in [-0.25, -0.2) is 9.97 Å². The lowest BCUT2D eigenvalue weighted by Gasteiger charge is -2.28. The van der Waals surface area contributed by atoms with Crippen molar-refractivity contribution >= 4 is 31.5 Å². The molecule has 8 aromatic carbocycles. The zero-order chi connectivity index (χ0) is 37.9. The van der Waals surface area contributed by atoms with Gasteiger partial charge in [-0.15, -0.1) is 11.3 Å². The summed E-state index contributed by atoms with van der Waals surface area (Å²) in [6.07, 6.45) is 0. The van der Waals surface area contributed by atoms with Crippen LogP contribution < -0.4 is 0 Å². The molecule has 268 valence electrons. The molecule has 2 aromatic heterocycles. The van der Waals surface area contributed by atoms with E-state index in [4.69, 9.17) is 9.97 Å². The molecule has 0 spiro atoms. The van der Waals surface area contributed by atoms with E-state index < -0.39 is 0 Å². The summed E-state index contributed by atoms with van der Waals surface area (Å²) in [6, 6.07) is 72.2. The maximum Gasteiger partial charge on any atom is 0.160 e. The highest BCUT2D eigenvalue weighted by Gasteiger charge is 2.40. The second-order valence-corrected chi connectivity index (χ2v) is 16.1. The van der Waals surface area contributed by atoms with E-state index in [-0.39, 0.29) is 5.41 Å². The quantitative estimate of drug-likeness (QED) is 0.169. The average molecular weight is 745 g/mol. The lowest BCUT2D eigenvalue weighted by molar-refractivity contribution is 0.714. The summed E-state index contributed by atoms with van der Waals surface area (Å²) in [5, 5.41) is 2.63. The largest absolute Gasteiger partial charge is 0.228 e. The number of aromatic nitrogens is 2. The van der Waals surface area contributed by atoms with E-state index in [9.17, 15) is 0 Å². The average Bonchev–Trinajstić information content (AvgIpc) is 3.80. The summed E-state index contributed by atoms with van der Waals surface area (Å²) in [5.74, 6) is 0.709. The molecule has 0 aliphatic heterocycles. The first-order valence-electron chi connectivity index (χ1n) is 19.5.